The molecule has 0 saturated heterocycles. The quantitative estimate of drug-likeness (QED) is 0.782. The molecule has 1 saturated carbocycles. The van der Waals surface area contributed by atoms with E-state index < -0.39 is 0 Å². The second kappa shape index (κ2) is 5.14. The van der Waals surface area contributed by atoms with Crippen molar-refractivity contribution in [3.05, 3.63) is 17.8 Å². The Kier molecular flexibility index (Phi) is 3.59. The number of hydrogen-bond donors (Lipinski definition) is 1. The van der Waals surface area contributed by atoms with E-state index in [1.165, 1.54) is 25.7 Å². The maximum atomic E-state index is 11.8. The van der Waals surface area contributed by atoms with Crippen molar-refractivity contribution in [1.82, 2.24) is 10.3 Å². The first-order valence-corrected chi connectivity index (χ1v) is 5.99. The number of carbonyl (C=O) groups excluding carboxylic acids is 1. The number of nitrogens with zero attached hydrogens (tertiary/aromatic N) is 1. The van der Waals surface area contributed by atoms with Crippen LogP contribution in [0.25, 0.3) is 0 Å². The summed E-state index contributed by atoms with van der Waals surface area (Å²) in [5.74, 6) is 0.674. The van der Waals surface area contributed by atoms with E-state index in [0.717, 1.165) is 12.8 Å². The molecule has 1 aromatic rings. The van der Waals surface area contributed by atoms with Gasteiger partial charge in [0.2, 0.25) is 0 Å². The first kappa shape index (κ1) is 11.2. The van der Waals surface area contributed by atoms with Gasteiger partial charge in [0.1, 0.15) is 5.76 Å². The van der Waals surface area contributed by atoms with Crippen LogP contribution in [0.5, 0.6) is 0 Å². The van der Waals surface area contributed by atoms with Gasteiger partial charge in [0.25, 0.3) is 5.89 Å². The molecule has 88 valence electrons. The summed E-state index contributed by atoms with van der Waals surface area (Å²) in [4.78, 5) is 15.7. The van der Waals surface area contributed by atoms with Crippen LogP contribution in [-0.4, -0.2) is 16.9 Å². The van der Waals surface area contributed by atoms with E-state index in [0.29, 0.717) is 11.8 Å². The van der Waals surface area contributed by atoms with Crippen LogP contribution in [0.15, 0.2) is 10.6 Å². The molecule has 1 N–H and O–H groups in total. The van der Waals surface area contributed by atoms with Crippen molar-refractivity contribution in [2.75, 3.05) is 0 Å². The predicted molar refractivity (Wildman–Crippen MR) is 60.2 cm³/mol. The Balaban J connectivity index is 1.90. The maximum absolute atomic E-state index is 11.8. The summed E-state index contributed by atoms with van der Waals surface area (Å²) in [7, 11) is 0. The van der Waals surface area contributed by atoms with E-state index in [9.17, 15) is 4.79 Å². The Morgan fingerprint density at radius 1 is 1.38 bits per heavy atom. The molecule has 0 aromatic carbocycles. The van der Waals surface area contributed by atoms with E-state index in [1.54, 1.807) is 13.1 Å². The number of hydrogen-bond acceptors (Lipinski definition) is 3. The minimum atomic E-state index is -0.181. The highest BCUT2D eigenvalue weighted by molar-refractivity contribution is 5.89. The van der Waals surface area contributed by atoms with E-state index in [4.69, 9.17) is 4.42 Å². The van der Waals surface area contributed by atoms with Gasteiger partial charge in [-0.05, 0) is 19.8 Å². The Labute approximate surface area is 95.4 Å². The lowest BCUT2D eigenvalue weighted by Crippen LogP contribution is -2.34. The minimum Gasteiger partial charge on any atom is -0.438 e. The van der Waals surface area contributed by atoms with Crippen molar-refractivity contribution in [2.45, 2.75) is 51.5 Å². The average Bonchev–Trinajstić information content (AvgIpc) is 2.54. The second-order valence-electron chi connectivity index (χ2n) is 4.44. The number of amides is 1. The Bertz CT molecular complexity index is 352. The van der Waals surface area contributed by atoms with Crippen molar-refractivity contribution < 1.29 is 9.21 Å². The molecule has 1 fully saturated rings. The molecule has 0 spiro atoms. The minimum absolute atomic E-state index is 0.181. The number of carbonyl (C=O) groups is 1. The highest BCUT2D eigenvalue weighted by Crippen LogP contribution is 2.17. The monoisotopic (exact) mass is 222 g/mol. The van der Waals surface area contributed by atoms with Gasteiger partial charge in [-0.1, -0.05) is 25.7 Å². The van der Waals surface area contributed by atoms with Crippen molar-refractivity contribution in [2.24, 2.45) is 0 Å². The Hall–Kier alpha value is -1.32. The van der Waals surface area contributed by atoms with Crippen LogP contribution in [0, 0.1) is 6.92 Å². The van der Waals surface area contributed by atoms with Crippen LogP contribution >= 0.6 is 0 Å². The van der Waals surface area contributed by atoms with Gasteiger partial charge in [0.15, 0.2) is 0 Å². The number of nitrogens with one attached hydrogen (secondary N) is 1. The molecule has 4 nitrogen and oxygen atoms in total. The molecule has 0 radical (unpaired) electrons. The number of oxazole rings is 1. The van der Waals surface area contributed by atoms with Crippen LogP contribution in [0.1, 0.15) is 55.0 Å². The first-order chi connectivity index (χ1) is 7.75. The zero-order valence-electron chi connectivity index (χ0n) is 9.66. The average molecular weight is 222 g/mol. The summed E-state index contributed by atoms with van der Waals surface area (Å²) >= 11 is 0. The number of rotatable bonds is 2. The van der Waals surface area contributed by atoms with Crippen molar-refractivity contribution in [1.29, 1.82) is 0 Å². The highest BCUT2D eigenvalue weighted by atomic mass is 16.4. The van der Waals surface area contributed by atoms with Gasteiger partial charge in [-0.25, -0.2) is 4.98 Å². The van der Waals surface area contributed by atoms with Gasteiger partial charge < -0.3 is 9.73 Å². The fourth-order valence-corrected chi connectivity index (χ4v) is 2.13. The smallest absolute Gasteiger partial charge is 0.307 e. The summed E-state index contributed by atoms with van der Waals surface area (Å²) in [5.41, 5.74) is 0. The summed E-state index contributed by atoms with van der Waals surface area (Å²) in [6.07, 6.45) is 8.69. The van der Waals surface area contributed by atoms with Crippen molar-refractivity contribution >= 4 is 5.91 Å². The van der Waals surface area contributed by atoms with E-state index in [-0.39, 0.29) is 11.8 Å². The molecule has 0 bridgehead atoms. The normalized spacial score (nSPS) is 18.1. The highest BCUT2D eigenvalue weighted by Gasteiger charge is 2.18. The number of aryl methyl sites for hydroxylation is 1. The predicted octanol–water partition coefficient (Wildman–Crippen LogP) is 2.44. The van der Waals surface area contributed by atoms with Gasteiger partial charge >= 0.3 is 5.91 Å². The molecule has 1 aliphatic rings. The van der Waals surface area contributed by atoms with Crippen LogP contribution in [-0.2, 0) is 0 Å². The summed E-state index contributed by atoms with van der Waals surface area (Å²) in [6, 6.07) is 0.294. The maximum Gasteiger partial charge on any atom is 0.307 e. The Morgan fingerprint density at radius 2 is 2.06 bits per heavy atom. The van der Waals surface area contributed by atoms with Gasteiger partial charge in [-0.15, -0.1) is 0 Å². The van der Waals surface area contributed by atoms with Gasteiger partial charge in [-0.2, -0.15) is 0 Å². The Morgan fingerprint density at radius 3 is 2.62 bits per heavy atom. The van der Waals surface area contributed by atoms with Crippen LogP contribution in [0.2, 0.25) is 0 Å². The molecule has 2 rings (SSSR count). The lowest BCUT2D eigenvalue weighted by molar-refractivity contribution is 0.0897. The fraction of sp³-hybridized carbons (Fsp3) is 0.667. The van der Waals surface area contributed by atoms with Crippen molar-refractivity contribution in [3.63, 3.8) is 0 Å². The molecule has 0 unspecified atom stereocenters. The molecule has 1 aliphatic carbocycles. The molecule has 0 atom stereocenters. The standard InChI is InChI=1S/C12H18N2O2/c1-9-8-13-12(16-9)11(15)14-10-6-4-2-3-5-7-10/h8,10H,2-7H2,1H3,(H,14,15). The third-order valence-corrected chi connectivity index (χ3v) is 3.01. The lowest BCUT2D eigenvalue weighted by atomic mass is 10.1. The van der Waals surface area contributed by atoms with E-state index >= 15 is 0 Å². The largest absolute Gasteiger partial charge is 0.438 e. The zero-order chi connectivity index (χ0) is 11.4. The second-order valence-corrected chi connectivity index (χ2v) is 4.44. The van der Waals surface area contributed by atoms with Crippen LogP contribution in [0.3, 0.4) is 0 Å². The SMILES string of the molecule is Cc1cnc(C(=O)NC2CCCCCC2)o1. The van der Waals surface area contributed by atoms with Crippen molar-refractivity contribution in [3.8, 4) is 0 Å². The fourth-order valence-electron chi connectivity index (χ4n) is 2.13. The van der Waals surface area contributed by atoms with Gasteiger partial charge in [-0.3, -0.25) is 4.79 Å². The molecule has 0 aliphatic heterocycles. The summed E-state index contributed by atoms with van der Waals surface area (Å²) in [5, 5.41) is 2.99. The van der Waals surface area contributed by atoms with E-state index in [2.05, 4.69) is 10.3 Å². The first-order valence-electron chi connectivity index (χ1n) is 5.99. The molecule has 4 heteroatoms. The summed E-state index contributed by atoms with van der Waals surface area (Å²) < 4.78 is 5.19. The summed E-state index contributed by atoms with van der Waals surface area (Å²) in [6.45, 7) is 1.79. The lowest BCUT2D eigenvalue weighted by Gasteiger charge is -2.14. The molecular weight excluding hydrogens is 204 g/mol. The third kappa shape index (κ3) is 2.84. The molecule has 16 heavy (non-hydrogen) atoms. The third-order valence-electron chi connectivity index (χ3n) is 3.01. The van der Waals surface area contributed by atoms with Gasteiger partial charge in [0, 0.05) is 6.04 Å². The zero-order valence-corrected chi connectivity index (χ0v) is 9.66. The van der Waals surface area contributed by atoms with Gasteiger partial charge in [0.05, 0.1) is 6.20 Å². The number of aromatic nitrogens is 1. The molecular formula is C12H18N2O2. The molecule has 1 amide bonds. The molecule has 1 aromatic heterocycles. The van der Waals surface area contributed by atoms with E-state index in [1.807, 2.05) is 0 Å². The van der Waals surface area contributed by atoms with Crippen LogP contribution in [0.4, 0.5) is 0 Å². The topological polar surface area (TPSA) is 55.1 Å². The van der Waals surface area contributed by atoms with Crippen LogP contribution < -0.4 is 5.32 Å². The molecule has 1 heterocycles.